The summed E-state index contributed by atoms with van der Waals surface area (Å²) in [7, 11) is -3.43. The summed E-state index contributed by atoms with van der Waals surface area (Å²) in [6.45, 7) is 1.15. The molecule has 31 heavy (non-hydrogen) atoms. The number of rotatable bonds is 7. The summed E-state index contributed by atoms with van der Waals surface area (Å²) in [6.07, 6.45) is 5.47. The van der Waals surface area contributed by atoms with Crippen molar-refractivity contribution >= 4 is 33.2 Å². The highest BCUT2D eigenvalue weighted by atomic mass is 35.5. The molecule has 0 saturated carbocycles. The van der Waals surface area contributed by atoms with E-state index in [9.17, 15) is 13.2 Å². The van der Waals surface area contributed by atoms with Crippen LogP contribution in [-0.4, -0.2) is 46.5 Å². The lowest BCUT2D eigenvalue weighted by Gasteiger charge is -2.15. The summed E-state index contributed by atoms with van der Waals surface area (Å²) in [5, 5.41) is 7.46. The topological polar surface area (TPSA) is 97.2 Å². The number of nitrogens with one attached hydrogen (secondary N) is 1. The molecule has 1 amide bonds. The van der Waals surface area contributed by atoms with Gasteiger partial charge in [0.05, 0.1) is 16.3 Å². The number of hydrogen-bond acceptors (Lipinski definition) is 5. The first-order chi connectivity index (χ1) is 14.9. The minimum Gasteiger partial charge on any atom is -0.324 e. The van der Waals surface area contributed by atoms with Crippen molar-refractivity contribution in [3.63, 3.8) is 0 Å². The van der Waals surface area contributed by atoms with Gasteiger partial charge in [0, 0.05) is 24.5 Å². The molecular formula is C21H22ClN5O3S. The molecule has 1 aliphatic heterocycles. The molecule has 1 aromatic heterocycles. The molecule has 0 spiro atoms. The Labute approximate surface area is 185 Å². The molecule has 3 aromatic rings. The number of aromatic nitrogens is 3. The van der Waals surface area contributed by atoms with Crippen LogP contribution in [0.3, 0.4) is 0 Å². The van der Waals surface area contributed by atoms with Crippen LogP contribution in [0.15, 0.2) is 60.0 Å². The molecule has 2 heterocycles. The predicted molar refractivity (Wildman–Crippen MR) is 118 cm³/mol. The molecule has 1 aliphatic rings. The number of aryl methyl sites for hydroxylation is 1. The number of amides is 1. The van der Waals surface area contributed by atoms with E-state index < -0.39 is 10.0 Å². The van der Waals surface area contributed by atoms with Crippen LogP contribution in [0.4, 0.5) is 5.69 Å². The molecule has 2 aromatic carbocycles. The molecule has 0 aliphatic carbocycles. The molecule has 1 saturated heterocycles. The van der Waals surface area contributed by atoms with Gasteiger partial charge in [-0.05, 0) is 55.2 Å². The van der Waals surface area contributed by atoms with Gasteiger partial charge in [0.2, 0.25) is 15.9 Å². The van der Waals surface area contributed by atoms with Gasteiger partial charge in [-0.3, -0.25) is 4.79 Å². The third-order valence-electron chi connectivity index (χ3n) is 5.17. The normalized spacial score (nSPS) is 14.6. The van der Waals surface area contributed by atoms with Gasteiger partial charge in [0.1, 0.15) is 12.7 Å². The van der Waals surface area contributed by atoms with Crippen molar-refractivity contribution in [2.45, 2.75) is 30.6 Å². The SMILES string of the molecule is O=C(CCc1ccc(S(=O)(=O)N2CCCC2)cc1)Nc1cc(Cl)ccc1-n1cncn1. The van der Waals surface area contributed by atoms with E-state index in [1.54, 1.807) is 47.1 Å². The highest BCUT2D eigenvalue weighted by molar-refractivity contribution is 7.89. The van der Waals surface area contributed by atoms with Crippen molar-refractivity contribution in [2.24, 2.45) is 0 Å². The summed E-state index contributed by atoms with van der Waals surface area (Å²) in [5.74, 6) is -0.183. The number of sulfonamides is 1. The fourth-order valence-electron chi connectivity index (χ4n) is 3.52. The van der Waals surface area contributed by atoms with Crippen LogP contribution < -0.4 is 5.32 Å². The molecule has 1 N–H and O–H groups in total. The Hall–Kier alpha value is -2.75. The zero-order chi connectivity index (χ0) is 21.8. The van der Waals surface area contributed by atoms with E-state index in [1.807, 2.05) is 0 Å². The van der Waals surface area contributed by atoms with Crippen LogP contribution in [0, 0.1) is 0 Å². The molecule has 0 bridgehead atoms. The number of nitrogens with zero attached hydrogens (tertiary/aromatic N) is 4. The van der Waals surface area contributed by atoms with Crippen LogP contribution in [0.25, 0.3) is 5.69 Å². The number of anilines is 1. The van der Waals surface area contributed by atoms with Crippen molar-refractivity contribution in [3.8, 4) is 5.69 Å². The highest BCUT2D eigenvalue weighted by Crippen LogP contribution is 2.25. The van der Waals surface area contributed by atoms with Gasteiger partial charge < -0.3 is 5.32 Å². The first-order valence-corrected chi connectivity index (χ1v) is 11.8. The lowest BCUT2D eigenvalue weighted by atomic mass is 10.1. The zero-order valence-corrected chi connectivity index (χ0v) is 18.3. The Morgan fingerprint density at radius 1 is 1.10 bits per heavy atom. The van der Waals surface area contributed by atoms with Gasteiger partial charge in [-0.2, -0.15) is 9.40 Å². The van der Waals surface area contributed by atoms with E-state index in [0.29, 0.717) is 40.8 Å². The highest BCUT2D eigenvalue weighted by Gasteiger charge is 2.26. The first-order valence-electron chi connectivity index (χ1n) is 9.97. The van der Waals surface area contributed by atoms with Gasteiger partial charge in [-0.1, -0.05) is 23.7 Å². The monoisotopic (exact) mass is 459 g/mol. The zero-order valence-electron chi connectivity index (χ0n) is 16.7. The smallest absolute Gasteiger partial charge is 0.243 e. The summed E-state index contributed by atoms with van der Waals surface area (Å²) >= 11 is 6.08. The second-order valence-electron chi connectivity index (χ2n) is 7.30. The fourth-order valence-corrected chi connectivity index (χ4v) is 5.21. The maximum atomic E-state index is 12.6. The average molecular weight is 460 g/mol. The van der Waals surface area contributed by atoms with Crippen molar-refractivity contribution in [3.05, 3.63) is 65.7 Å². The van der Waals surface area contributed by atoms with E-state index in [2.05, 4.69) is 15.4 Å². The third kappa shape index (κ3) is 4.95. The maximum absolute atomic E-state index is 12.6. The van der Waals surface area contributed by atoms with Crippen molar-refractivity contribution in [1.29, 1.82) is 0 Å². The average Bonchev–Trinajstić information content (AvgIpc) is 3.47. The summed E-state index contributed by atoms with van der Waals surface area (Å²) < 4.78 is 28.3. The Morgan fingerprint density at radius 2 is 1.84 bits per heavy atom. The lowest BCUT2D eigenvalue weighted by molar-refractivity contribution is -0.116. The summed E-state index contributed by atoms with van der Waals surface area (Å²) in [5.41, 5.74) is 2.08. The van der Waals surface area contributed by atoms with Crippen molar-refractivity contribution < 1.29 is 13.2 Å². The van der Waals surface area contributed by atoms with E-state index in [1.165, 1.54) is 17.0 Å². The first kappa shape index (κ1) is 21.5. The second kappa shape index (κ2) is 9.17. The van der Waals surface area contributed by atoms with Crippen LogP contribution in [0.2, 0.25) is 5.02 Å². The van der Waals surface area contributed by atoms with E-state index >= 15 is 0 Å². The molecule has 0 radical (unpaired) electrons. The van der Waals surface area contributed by atoms with Gasteiger partial charge in [-0.15, -0.1) is 0 Å². The number of benzene rings is 2. The quantitative estimate of drug-likeness (QED) is 0.584. The number of halogens is 1. The summed E-state index contributed by atoms with van der Waals surface area (Å²) in [4.78, 5) is 16.7. The second-order valence-corrected chi connectivity index (χ2v) is 9.68. The van der Waals surface area contributed by atoms with Gasteiger partial charge >= 0.3 is 0 Å². The van der Waals surface area contributed by atoms with Crippen LogP contribution >= 0.6 is 11.6 Å². The van der Waals surface area contributed by atoms with Crippen LogP contribution in [0.1, 0.15) is 24.8 Å². The minimum atomic E-state index is -3.43. The Bertz CT molecular complexity index is 1160. The van der Waals surface area contributed by atoms with Crippen molar-refractivity contribution in [2.75, 3.05) is 18.4 Å². The molecule has 162 valence electrons. The largest absolute Gasteiger partial charge is 0.324 e. The summed E-state index contributed by atoms with van der Waals surface area (Å²) in [6, 6.07) is 11.9. The molecule has 10 heteroatoms. The van der Waals surface area contributed by atoms with E-state index in [-0.39, 0.29) is 12.3 Å². The van der Waals surface area contributed by atoms with E-state index in [0.717, 1.165) is 18.4 Å². The molecule has 0 unspecified atom stereocenters. The molecular weight excluding hydrogens is 438 g/mol. The third-order valence-corrected chi connectivity index (χ3v) is 7.31. The molecule has 0 atom stereocenters. The predicted octanol–water partition coefficient (Wildman–Crippen LogP) is 3.28. The van der Waals surface area contributed by atoms with E-state index in [4.69, 9.17) is 11.6 Å². The maximum Gasteiger partial charge on any atom is 0.243 e. The molecule has 1 fully saturated rings. The van der Waals surface area contributed by atoms with Crippen LogP contribution in [0.5, 0.6) is 0 Å². The van der Waals surface area contributed by atoms with Gasteiger partial charge in [0.25, 0.3) is 0 Å². The Morgan fingerprint density at radius 3 is 2.52 bits per heavy atom. The fraction of sp³-hybridized carbons (Fsp3) is 0.286. The molecule has 8 nitrogen and oxygen atoms in total. The molecule has 4 rings (SSSR count). The van der Waals surface area contributed by atoms with Crippen molar-refractivity contribution in [1.82, 2.24) is 19.1 Å². The standard InChI is InChI=1S/C21H22ClN5O3S/c22-17-6-9-20(27-15-23-14-24-27)19(13-17)25-21(28)10-5-16-3-7-18(8-4-16)31(29,30)26-11-1-2-12-26/h3-4,6-9,13-15H,1-2,5,10-12H2,(H,25,28). The number of carbonyl (C=O) groups is 1. The van der Waals surface area contributed by atoms with Gasteiger partial charge in [-0.25, -0.2) is 18.1 Å². The number of carbonyl (C=O) groups excluding carboxylic acids is 1. The lowest BCUT2D eigenvalue weighted by Crippen LogP contribution is -2.27. The Balaban J connectivity index is 1.39. The minimum absolute atomic E-state index is 0.183. The number of hydrogen-bond donors (Lipinski definition) is 1. The Kier molecular flexibility index (Phi) is 6.35. The van der Waals surface area contributed by atoms with Gasteiger partial charge in [0.15, 0.2) is 0 Å². The van der Waals surface area contributed by atoms with Crippen LogP contribution in [-0.2, 0) is 21.2 Å².